The van der Waals surface area contributed by atoms with Crippen molar-refractivity contribution < 1.29 is 26.7 Å². The van der Waals surface area contributed by atoms with Crippen LogP contribution >= 0.6 is 0 Å². The molecule has 0 saturated carbocycles. The number of allylic oxidation sites excluding steroid dienone is 1. The Balaban J connectivity index is 1.51. The molecule has 4 aromatic rings. The van der Waals surface area contributed by atoms with Crippen LogP contribution in [-0.2, 0) is 0 Å². The van der Waals surface area contributed by atoms with Crippen LogP contribution in [0.25, 0.3) is 10.8 Å². The van der Waals surface area contributed by atoms with E-state index in [-0.39, 0.29) is 28.7 Å². The van der Waals surface area contributed by atoms with Crippen LogP contribution in [0.15, 0.2) is 72.8 Å². The molecule has 0 saturated heterocycles. The highest BCUT2D eigenvalue weighted by molar-refractivity contribution is 5.84. The van der Waals surface area contributed by atoms with Crippen molar-refractivity contribution in [2.75, 3.05) is 6.61 Å². The van der Waals surface area contributed by atoms with Crippen LogP contribution < -0.4 is 4.74 Å². The van der Waals surface area contributed by atoms with Crippen LogP contribution in [0.3, 0.4) is 0 Å². The minimum Gasteiger partial charge on any atom is -0.489 e. The van der Waals surface area contributed by atoms with Gasteiger partial charge in [-0.05, 0) is 54.8 Å². The van der Waals surface area contributed by atoms with Gasteiger partial charge >= 0.3 is 0 Å². The lowest BCUT2D eigenvalue weighted by molar-refractivity contribution is 0.357. The lowest BCUT2D eigenvalue weighted by atomic mass is 10.1. The molecule has 0 spiro atoms. The Morgan fingerprint density at radius 1 is 0.667 bits per heavy atom. The molecule has 178 valence electrons. The highest BCUT2D eigenvalue weighted by Crippen LogP contribution is 2.24. The van der Waals surface area contributed by atoms with Gasteiger partial charge in [0.25, 0.3) is 0 Å². The SMILES string of the molecule is C/C=C/COc1cc(F)c(C#Cc2ccc(C#Cc3ccc4c(F)c(F)c(F)cc4c3)cc2)c(F)c1. The lowest BCUT2D eigenvalue weighted by Gasteiger charge is -2.05. The summed E-state index contributed by atoms with van der Waals surface area (Å²) < 4.78 is 74.6. The standard InChI is InChI=1S/C30H17F5O/c1-2-3-14-36-23-17-26(31)25(27(32)18-23)13-10-20-6-4-19(5-7-20)8-9-21-11-12-24-22(15-21)16-28(33)30(35)29(24)34/h2-7,11-12,15-18H,14H2,1H3/b3-2+. The fraction of sp³-hybridized carbons (Fsp3) is 0.0667. The van der Waals surface area contributed by atoms with Gasteiger partial charge in [-0.2, -0.15) is 0 Å². The molecule has 0 unspecified atom stereocenters. The molecular formula is C30H17F5O. The molecule has 1 nitrogen and oxygen atoms in total. The smallest absolute Gasteiger partial charge is 0.195 e. The minimum atomic E-state index is -1.51. The van der Waals surface area contributed by atoms with E-state index in [1.54, 1.807) is 36.4 Å². The molecule has 0 heterocycles. The number of hydrogen-bond acceptors (Lipinski definition) is 1. The van der Waals surface area contributed by atoms with Crippen molar-refractivity contribution >= 4 is 10.8 Å². The Morgan fingerprint density at radius 2 is 1.25 bits per heavy atom. The first-order chi connectivity index (χ1) is 17.4. The van der Waals surface area contributed by atoms with Gasteiger partial charge in [0.2, 0.25) is 0 Å². The quantitative estimate of drug-likeness (QED) is 0.127. The highest BCUT2D eigenvalue weighted by Gasteiger charge is 2.13. The third-order valence-corrected chi connectivity index (χ3v) is 5.14. The van der Waals surface area contributed by atoms with Crippen molar-refractivity contribution in [1.29, 1.82) is 0 Å². The van der Waals surface area contributed by atoms with E-state index in [4.69, 9.17) is 4.74 Å². The Labute approximate surface area is 204 Å². The largest absolute Gasteiger partial charge is 0.489 e. The van der Waals surface area contributed by atoms with Crippen molar-refractivity contribution in [3.8, 4) is 29.4 Å². The van der Waals surface area contributed by atoms with Gasteiger partial charge in [-0.3, -0.25) is 0 Å². The summed E-state index contributed by atoms with van der Waals surface area (Å²) in [5.74, 6) is 5.43. The van der Waals surface area contributed by atoms with E-state index in [0.717, 1.165) is 18.2 Å². The third-order valence-electron chi connectivity index (χ3n) is 5.14. The zero-order valence-corrected chi connectivity index (χ0v) is 18.9. The molecule has 0 aliphatic rings. The molecule has 0 amide bonds. The van der Waals surface area contributed by atoms with E-state index < -0.39 is 29.1 Å². The molecule has 0 radical (unpaired) electrons. The third kappa shape index (κ3) is 5.56. The monoisotopic (exact) mass is 488 g/mol. The molecular weight excluding hydrogens is 471 g/mol. The number of rotatable bonds is 3. The predicted octanol–water partition coefficient (Wildman–Crippen LogP) is 7.29. The molecule has 4 aromatic carbocycles. The van der Waals surface area contributed by atoms with Crippen molar-refractivity contribution in [1.82, 2.24) is 0 Å². The summed E-state index contributed by atoms with van der Waals surface area (Å²) in [6.07, 6.45) is 3.48. The maximum atomic E-state index is 14.3. The Bertz CT molecular complexity index is 1570. The summed E-state index contributed by atoms with van der Waals surface area (Å²) in [7, 11) is 0. The van der Waals surface area contributed by atoms with Gasteiger partial charge in [-0.25, -0.2) is 22.0 Å². The maximum Gasteiger partial charge on any atom is 0.195 e. The Kier molecular flexibility index (Phi) is 7.37. The number of fused-ring (bicyclic) bond motifs is 1. The molecule has 36 heavy (non-hydrogen) atoms. The van der Waals surface area contributed by atoms with E-state index in [1.807, 2.05) is 6.92 Å². The van der Waals surface area contributed by atoms with E-state index in [1.165, 1.54) is 18.2 Å². The molecule has 6 heteroatoms. The van der Waals surface area contributed by atoms with Crippen molar-refractivity contribution in [3.63, 3.8) is 0 Å². The number of halogens is 5. The maximum absolute atomic E-state index is 14.3. The normalized spacial score (nSPS) is 10.6. The molecule has 0 aliphatic heterocycles. The molecule has 0 bridgehead atoms. The van der Waals surface area contributed by atoms with Gasteiger partial charge in [0.05, 0.1) is 5.56 Å². The Morgan fingerprint density at radius 3 is 1.89 bits per heavy atom. The summed E-state index contributed by atoms with van der Waals surface area (Å²) in [4.78, 5) is 0. The molecule has 0 N–H and O–H groups in total. The van der Waals surface area contributed by atoms with Gasteiger partial charge in [-0.15, -0.1) is 0 Å². The van der Waals surface area contributed by atoms with Crippen LogP contribution in [0.4, 0.5) is 22.0 Å². The van der Waals surface area contributed by atoms with E-state index >= 15 is 0 Å². The van der Waals surface area contributed by atoms with Gasteiger partial charge < -0.3 is 4.74 Å². The topological polar surface area (TPSA) is 9.23 Å². The second kappa shape index (κ2) is 10.8. The molecule has 0 atom stereocenters. The molecule has 0 aromatic heterocycles. The van der Waals surface area contributed by atoms with Crippen LogP contribution in [0.2, 0.25) is 0 Å². The molecule has 0 fully saturated rings. The van der Waals surface area contributed by atoms with Crippen molar-refractivity contribution in [2.45, 2.75) is 6.92 Å². The predicted molar refractivity (Wildman–Crippen MR) is 129 cm³/mol. The van der Waals surface area contributed by atoms with Crippen molar-refractivity contribution in [3.05, 3.63) is 124 Å². The summed E-state index contributed by atoms with van der Waals surface area (Å²) >= 11 is 0. The van der Waals surface area contributed by atoms with Crippen LogP contribution in [0.5, 0.6) is 5.75 Å². The first-order valence-electron chi connectivity index (χ1n) is 10.8. The number of ether oxygens (including phenoxy) is 1. The number of hydrogen-bond donors (Lipinski definition) is 0. The first-order valence-corrected chi connectivity index (χ1v) is 10.8. The van der Waals surface area contributed by atoms with E-state index in [9.17, 15) is 22.0 Å². The lowest BCUT2D eigenvalue weighted by Crippen LogP contribution is -1.97. The summed E-state index contributed by atoms with van der Waals surface area (Å²) in [6.45, 7) is 2.01. The average molecular weight is 488 g/mol. The summed E-state index contributed by atoms with van der Waals surface area (Å²) in [5, 5.41) is 0.159. The van der Waals surface area contributed by atoms with E-state index in [2.05, 4.69) is 23.7 Å². The number of benzene rings is 4. The zero-order valence-electron chi connectivity index (χ0n) is 18.9. The second-order valence-corrected chi connectivity index (χ2v) is 7.64. The van der Waals surface area contributed by atoms with Crippen LogP contribution in [0.1, 0.15) is 29.2 Å². The molecule has 4 rings (SSSR count). The minimum absolute atomic E-state index is 0.0361. The van der Waals surface area contributed by atoms with E-state index in [0.29, 0.717) is 16.7 Å². The van der Waals surface area contributed by atoms with Gasteiger partial charge in [0.1, 0.15) is 24.0 Å². The van der Waals surface area contributed by atoms with Crippen LogP contribution in [0, 0.1) is 52.8 Å². The fourth-order valence-electron chi connectivity index (χ4n) is 3.29. The highest BCUT2D eigenvalue weighted by atomic mass is 19.2. The van der Waals surface area contributed by atoms with Crippen molar-refractivity contribution in [2.24, 2.45) is 0 Å². The van der Waals surface area contributed by atoms with Gasteiger partial charge in [0, 0.05) is 34.2 Å². The summed E-state index contributed by atoms with van der Waals surface area (Å²) in [5.41, 5.74) is 1.27. The second-order valence-electron chi connectivity index (χ2n) is 7.64. The summed E-state index contributed by atoms with van der Waals surface area (Å²) in [6, 6.07) is 14.1. The first kappa shape index (κ1) is 24.6. The van der Waals surface area contributed by atoms with Gasteiger partial charge in [0.15, 0.2) is 17.5 Å². The van der Waals surface area contributed by atoms with Gasteiger partial charge in [-0.1, -0.05) is 41.9 Å². The average Bonchev–Trinajstić information content (AvgIpc) is 2.86. The molecule has 0 aliphatic carbocycles. The van der Waals surface area contributed by atoms with Crippen LogP contribution in [-0.4, -0.2) is 6.61 Å². The fourth-order valence-corrected chi connectivity index (χ4v) is 3.29. The Hall–Kier alpha value is -4.55. The zero-order chi connectivity index (χ0) is 25.7.